The third-order valence-electron chi connectivity index (χ3n) is 7.80. The van der Waals surface area contributed by atoms with E-state index in [-0.39, 0.29) is 5.56 Å². The molecule has 0 atom stereocenters. The quantitative estimate of drug-likeness (QED) is 0.250. The van der Waals surface area contributed by atoms with Crippen molar-refractivity contribution in [1.82, 2.24) is 29.8 Å². The van der Waals surface area contributed by atoms with Crippen molar-refractivity contribution in [2.45, 2.75) is 71.3 Å². The third-order valence-corrected chi connectivity index (χ3v) is 7.80. The Morgan fingerprint density at radius 2 is 1.76 bits per heavy atom. The van der Waals surface area contributed by atoms with Crippen LogP contribution in [0.1, 0.15) is 79.3 Å². The Morgan fingerprint density at radius 1 is 0.976 bits per heavy atom. The third kappa shape index (κ3) is 5.54. The van der Waals surface area contributed by atoms with Crippen LogP contribution in [0, 0.1) is 6.92 Å². The lowest BCUT2D eigenvalue weighted by atomic mass is 9.85. The Balaban J connectivity index is 1.30. The van der Waals surface area contributed by atoms with Crippen LogP contribution in [0.4, 0.5) is 0 Å². The van der Waals surface area contributed by atoms with Gasteiger partial charge in [-0.25, -0.2) is 9.78 Å². The lowest BCUT2D eigenvalue weighted by molar-refractivity contribution is 0.291. The van der Waals surface area contributed by atoms with E-state index in [0.717, 1.165) is 60.2 Å². The van der Waals surface area contributed by atoms with Gasteiger partial charge in [0.05, 0.1) is 6.54 Å². The molecule has 5 aromatic rings. The van der Waals surface area contributed by atoms with Crippen LogP contribution in [0.15, 0.2) is 67.2 Å². The highest BCUT2D eigenvalue weighted by molar-refractivity contribution is 5.80. The second kappa shape index (κ2) is 11.5. The van der Waals surface area contributed by atoms with Crippen LogP contribution in [-0.4, -0.2) is 29.8 Å². The van der Waals surface area contributed by atoms with Crippen LogP contribution in [-0.2, 0) is 19.4 Å². The van der Waals surface area contributed by atoms with Crippen molar-refractivity contribution in [3.8, 4) is 22.5 Å². The van der Waals surface area contributed by atoms with E-state index in [9.17, 15) is 9.59 Å². The molecule has 0 aliphatic heterocycles. The maximum Gasteiger partial charge on any atom is 0.439 e. The molecule has 0 spiro atoms. The molecule has 0 bridgehead atoms. The van der Waals surface area contributed by atoms with Crippen molar-refractivity contribution >= 4 is 0 Å². The summed E-state index contributed by atoms with van der Waals surface area (Å²) in [5.41, 5.74) is 4.84. The minimum Gasteiger partial charge on any atom is -0.339 e. The van der Waals surface area contributed by atoms with Gasteiger partial charge in [0.2, 0.25) is 5.89 Å². The number of aromatic amines is 1. The first-order valence-corrected chi connectivity index (χ1v) is 14.2. The SMILES string of the molecule is CCCCc1nc(C)c(Cc2noc(C3CCC3)n2)c(=O)n1Cc1ccc(-c2ccccc2-c2noc(=O)[nH]2)cc1. The normalized spacial score (nSPS) is 13.4. The molecule has 6 rings (SSSR count). The first-order chi connectivity index (χ1) is 20.0. The Labute approximate surface area is 236 Å². The van der Waals surface area contributed by atoms with Gasteiger partial charge in [0.1, 0.15) is 5.82 Å². The highest BCUT2D eigenvalue weighted by Crippen LogP contribution is 2.35. The Hall–Kier alpha value is -4.60. The van der Waals surface area contributed by atoms with Gasteiger partial charge in [-0.15, -0.1) is 0 Å². The average molecular weight is 553 g/mol. The molecule has 2 aromatic carbocycles. The van der Waals surface area contributed by atoms with Gasteiger partial charge < -0.3 is 4.52 Å². The van der Waals surface area contributed by atoms with Crippen LogP contribution in [0.3, 0.4) is 0 Å². The van der Waals surface area contributed by atoms with Gasteiger partial charge in [0, 0.05) is 35.6 Å². The summed E-state index contributed by atoms with van der Waals surface area (Å²) in [6.45, 7) is 4.42. The predicted octanol–water partition coefficient (Wildman–Crippen LogP) is 5.19. The van der Waals surface area contributed by atoms with Gasteiger partial charge in [-0.2, -0.15) is 4.98 Å². The molecule has 1 aliphatic carbocycles. The van der Waals surface area contributed by atoms with E-state index in [4.69, 9.17) is 14.0 Å². The number of rotatable bonds is 10. The zero-order valence-corrected chi connectivity index (χ0v) is 23.2. The van der Waals surface area contributed by atoms with Gasteiger partial charge >= 0.3 is 5.76 Å². The first-order valence-electron chi connectivity index (χ1n) is 14.2. The molecule has 3 aromatic heterocycles. The summed E-state index contributed by atoms with van der Waals surface area (Å²) < 4.78 is 12.0. The predicted molar refractivity (Wildman–Crippen MR) is 153 cm³/mol. The summed E-state index contributed by atoms with van der Waals surface area (Å²) in [6, 6.07) is 15.7. The molecule has 210 valence electrons. The summed E-state index contributed by atoms with van der Waals surface area (Å²) in [5, 5.41) is 8.01. The smallest absolute Gasteiger partial charge is 0.339 e. The fraction of sp³-hybridized carbons (Fsp3) is 0.355. The van der Waals surface area contributed by atoms with Crippen LogP contribution in [0.5, 0.6) is 0 Å². The monoisotopic (exact) mass is 552 g/mol. The van der Waals surface area contributed by atoms with Gasteiger partial charge in [-0.1, -0.05) is 78.6 Å². The largest absolute Gasteiger partial charge is 0.439 e. The van der Waals surface area contributed by atoms with Crippen molar-refractivity contribution in [2.75, 3.05) is 0 Å². The van der Waals surface area contributed by atoms with Crippen LogP contribution in [0.25, 0.3) is 22.5 Å². The summed E-state index contributed by atoms with van der Waals surface area (Å²) in [7, 11) is 0. The van der Waals surface area contributed by atoms with Crippen molar-refractivity contribution in [3.63, 3.8) is 0 Å². The van der Waals surface area contributed by atoms with Crippen LogP contribution < -0.4 is 11.3 Å². The summed E-state index contributed by atoms with van der Waals surface area (Å²) in [4.78, 5) is 37.5. The minimum absolute atomic E-state index is 0.0667. The Kier molecular flexibility index (Phi) is 7.45. The number of aromatic nitrogens is 6. The van der Waals surface area contributed by atoms with E-state index in [2.05, 4.69) is 27.2 Å². The number of nitrogens with zero attached hydrogens (tertiary/aromatic N) is 5. The second-order valence-corrected chi connectivity index (χ2v) is 10.6. The van der Waals surface area contributed by atoms with E-state index < -0.39 is 5.76 Å². The molecule has 0 unspecified atom stereocenters. The van der Waals surface area contributed by atoms with Crippen molar-refractivity contribution in [1.29, 1.82) is 0 Å². The molecule has 1 aliphatic rings. The molecule has 0 amide bonds. The zero-order valence-electron chi connectivity index (χ0n) is 23.2. The van der Waals surface area contributed by atoms with Gasteiger partial charge in [-0.3, -0.25) is 18.9 Å². The van der Waals surface area contributed by atoms with Crippen molar-refractivity contribution in [2.24, 2.45) is 0 Å². The molecule has 10 nitrogen and oxygen atoms in total. The number of aryl methyl sites for hydroxylation is 2. The standard InChI is InChI=1S/C31H32N6O4/c1-3-4-12-27-32-19(2)25(17-26-33-29(40-35-26)22-8-7-9-22)30(38)37(27)18-20-13-15-21(16-14-20)23-10-5-6-11-24(23)28-34-31(39)41-36-28/h5-6,10-11,13-16,22H,3-4,7-9,12,17-18H2,1-2H3,(H,34,36,39). The molecule has 3 heterocycles. The average Bonchev–Trinajstić information content (AvgIpc) is 3.60. The Bertz CT molecular complexity index is 1780. The van der Waals surface area contributed by atoms with E-state index in [1.165, 1.54) is 6.42 Å². The number of benzene rings is 2. The molecule has 0 saturated heterocycles. The van der Waals surface area contributed by atoms with Crippen LogP contribution >= 0.6 is 0 Å². The lowest BCUT2D eigenvalue weighted by Gasteiger charge is -2.20. The van der Waals surface area contributed by atoms with Gasteiger partial charge in [-0.05, 0) is 42.9 Å². The second-order valence-electron chi connectivity index (χ2n) is 10.6. The summed E-state index contributed by atoms with van der Waals surface area (Å²) in [5.74, 6) is 2.11. The van der Waals surface area contributed by atoms with Gasteiger partial charge in [0.25, 0.3) is 5.56 Å². The van der Waals surface area contributed by atoms with Crippen LogP contribution in [0.2, 0.25) is 0 Å². The number of H-pyrrole nitrogens is 1. The molecular formula is C31H32N6O4. The lowest BCUT2D eigenvalue weighted by Crippen LogP contribution is -2.30. The topological polar surface area (TPSA) is 133 Å². The fourth-order valence-corrected chi connectivity index (χ4v) is 5.23. The summed E-state index contributed by atoms with van der Waals surface area (Å²) >= 11 is 0. The fourth-order valence-electron chi connectivity index (χ4n) is 5.23. The molecule has 1 N–H and O–H groups in total. The number of nitrogens with one attached hydrogen (secondary N) is 1. The molecule has 1 fully saturated rings. The van der Waals surface area contributed by atoms with E-state index >= 15 is 0 Å². The maximum absolute atomic E-state index is 13.9. The molecule has 41 heavy (non-hydrogen) atoms. The van der Waals surface area contributed by atoms with Gasteiger partial charge in [0.15, 0.2) is 11.6 Å². The molecule has 0 radical (unpaired) electrons. The molecule has 1 saturated carbocycles. The number of unbranched alkanes of at least 4 members (excludes halogenated alkanes) is 1. The van der Waals surface area contributed by atoms with E-state index in [1.54, 1.807) is 4.57 Å². The minimum atomic E-state index is -0.598. The molecule has 10 heteroatoms. The van der Waals surface area contributed by atoms with Crippen molar-refractivity contribution < 1.29 is 9.05 Å². The highest BCUT2D eigenvalue weighted by Gasteiger charge is 2.26. The number of hydrogen-bond acceptors (Lipinski definition) is 8. The van der Waals surface area contributed by atoms with E-state index in [0.29, 0.717) is 47.7 Å². The summed E-state index contributed by atoms with van der Waals surface area (Å²) in [6.07, 6.45) is 6.31. The maximum atomic E-state index is 13.9. The molecular weight excluding hydrogens is 520 g/mol. The number of hydrogen-bond donors (Lipinski definition) is 1. The Morgan fingerprint density at radius 3 is 2.44 bits per heavy atom. The van der Waals surface area contributed by atoms with Crippen molar-refractivity contribution in [3.05, 3.63) is 104 Å². The zero-order chi connectivity index (χ0) is 28.3. The highest BCUT2D eigenvalue weighted by atomic mass is 16.5. The van der Waals surface area contributed by atoms with E-state index in [1.807, 2.05) is 55.5 Å². The first kappa shape index (κ1) is 26.6.